The predicted molar refractivity (Wildman–Crippen MR) is 91.7 cm³/mol. The van der Waals surface area contributed by atoms with Crippen molar-refractivity contribution in [2.45, 2.75) is 11.3 Å². The van der Waals surface area contributed by atoms with Crippen molar-refractivity contribution in [2.24, 2.45) is 5.92 Å². The fraction of sp³-hybridized carbons (Fsp3) is 0.176. The Morgan fingerprint density at radius 1 is 1.07 bits per heavy atom. The Hall–Kier alpha value is -3.08. The number of carboxylic acids is 1. The van der Waals surface area contributed by atoms with Crippen LogP contribution in [0.15, 0.2) is 41.3 Å². The van der Waals surface area contributed by atoms with E-state index in [9.17, 15) is 31.2 Å². The summed E-state index contributed by atoms with van der Waals surface area (Å²) in [5.74, 6) is -7.31. The van der Waals surface area contributed by atoms with Crippen LogP contribution in [0.25, 0.3) is 0 Å². The predicted octanol–water partition coefficient (Wildman–Crippen LogP) is 2.34. The fourth-order valence-corrected chi connectivity index (χ4v) is 3.80. The third-order valence-corrected chi connectivity index (χ3v) is 5.59. The van der Waals surface area contributed by atoms with Gasteiger partial charge in [-0.2, -0.15) is 0 Å². The zero-order valence-electron chi connectivity index (χ0n) is 14.0. The van der Waals surface area contributed by atoms with Crippen molar-refractivity contribution in [3.05, 3.63) is 53.8 Å². The van der Waals surface area contributed by atoms with Crippen molar-refractivity contribution in [2.75, 3.05) is 16.2 Å². The highest BCUT2D eigenvalue weighted by Gasteiger charge is 2.35. The maximum atomic E-state index is 13.7. The van der Waals surface area contributed by atoms with Gasteiger partial charge in [0.05, 0.1) is 16.5 Å². The fourth-order valence-electron chi connectivity index (χ4n) is 2.74. The second-order valence-electron chi connectivity index (χ2n) is 6.07. The van der Waals surface area contributed by atoms with Crippen LogP contribution in [0, 0.1) is 23.4 Å². The molecule has 0 bridgehead atoms. The van der Waals surface area contributed by atoms with Gasteiger partial charge >= 0.3 is 5.97 Å². The summed E-state index contributed by atoms with van der Waals surface area (Å²) < 4.78 is 66.4. The van der Waals surface area contributed by atoms with Gasteiger partial charge in [0.25, 0.3) is 10.0 Å². The molecule has 1 fully saturated rings. The number of amides is 1. The number of benzene rings is 2. The summed E-state index contributed by atoms with van der Waals surface area (Å²) in [5.41, 5.74) is -0.464. The summed E-state index contributed by atoms with van der Waals surface area (Å²) in [4.78, 5) is 23.8. The SMILES string of the molecule is O=C(O)C1CC(=O)N(c2ccc(S(=O)(=O)Nc3ccc(F)c(F)c3F)cc2)C1. The van der Waals surface area contributed by atoms with E-state index < -0.39 is 51.0 Å². The Labute approximate surface area is 157 Å². The minimum atomic E-state index is -4.32. The molecule has 2 aromatic carbocycles. The summed E-state index contributed by atoms with van der Waals surface area (Å²) in [6, 6.07) is 6.15. The van der Waals surface area contributed by atoms with Crippen molar-refractivity contribution in [1.29, 1.82) is 0 Å². The van der Waals surface area contributed by atoms with Gasteiger partial charge in [-0.05, 0) is 36.4 Å². The lowest BCUT2D eigenvalue weighted by atomic mass is 10.1. The van der Waals surface area contributed by atoms with Crippen molar-refractivity contribution >= 4 is 33.3 Å². The molecular weight excluding hydrogens is 401 g/mol. The molecule has 1 saturated heterocycles. The number of carbonyl (C=O) groups is 2. The average molecular weight is 414 g/mol. The van der Waals surface area contributed by atoms with Crippen LogP contribution >= 0.6 is 0 Å². The smallest absolute Gasteiger partial charge is 0.308 e. The van der Waals surface area contributed by atoms with E-state index >= 15 is 0 Å². The van der Waals surface area contributed by atoms with Gasteiger partial charge in [0.2, 0.25) is 5.91 Å². The van der Waals surface area contributed by atoms with Crippen molar-refractivity contribution < 1.29 is 36.3 Å². The monoisotopic (exact) mass is 414 g/mol. The topological polar surface area (TPSA) is 104 Å². The van der Waals surface area contributed by atoms with Crippen LogP contribution in [0.2, 0.25) is 0 Å². The first-order valence-electron chi connectivity index (χ1n) is 7.89. The van der Waals surface area contributed by atoms with Crippen molar-refractivity contribution in [3.63, 3.8) is 0 Å². The lowest BCUT2D eigenvalue weighted by molar-refractivity contribution is -0.141. The van der Waals surface area contributed by atoms with Gasteiger partial charge in [-0.25, -0.2) is 21.6 Å². The maximum Gasteiger partial charge on any atom is 0.308 e. The average Bonchev–Trinajstić information content (AvgIpc) is 3.04. The number of nitrogens with one attached hydrogen (secondary N) is 1. The van der Waals surface area contributed by atoms with Gasteiger partial charge in [-0.1, -0.05) is 0 Å². The standard InChI is InChI=1S/C17H13F3N2O5S/c18-12-5-6-13(16(20)15(12)19)21-28(26,27)11-3-1-10(2-4-11)22-8-9(17(24)25)7-14(22)23/h1-6,9,21H,7-8H2,(H,24,25). The van der Waals surface area contributed by atoms with Crippen LogP contribution in [0.1, 0.15) is 6.42 Å². The Morgan fingerprint density at radius 3 is 2.29 bits per heavy atom. The Morgan fingerprint density at radius 2 is 1.71 bits per heavy atom. The minimum Gasteiger partial charge on any atom is -0.481 e. The lowest BCUT2D eigenvalue weighted by Crippen LogP contribution is -2.25. The van der Waals surface area contributed by atoms with Gasteiger partial charge in [-0.15, -0.1) is 0 Å². The number of rotatable bonds is 5. The normalized spacial score (nSPS) is 17.0. The summed E-state index contributed by atoms with van der Waals surface area (Å²) in [5, 5.41) is 9.00. The van der Waals surface area contributed by atoms with Gasteiger partial charge in [0.15, 0.2) is 17.5 Å². The van der Waals surface area contributed by atoms with E-state index in [2.05, 4.69) is 0 Å². The van der Waals surface area contributed by atoms with Crippen LogP contribution in [0.5, 0.6) is 0 Å². The Bertz CT molecular complexity index is 1060. The number of hydrogen-bond donors (Lipinski definition) is 2. The molecule has 28 heavy (non-hydrogen) atoms. The number of aliphatic carboxylic acids is 1. The highest BCUT2D eigenvalue weighted by Crippen LogP contribution is 2.27. The number of hydrogen-bond acceptors (Lipinski definition) is 4. The van der Waals surface area contributed by atoms with E-state index in [1.807, 2.05) is 4.72 Å². The van der Waals surface area contributed by atoms with E-state index in [1.54, 1.807) is 0 Å². The van der Waals surface area contributed by atoms with Crippen molar-refractivity contribution in [1.82, 2.24) is 0 Å². The minimum absolute atomic E-state index is 0.0431. The molecule has 0 spiro atoms. The molecule has 1 unspecified atom stereocenters. The van der Waals surface area contributed by atoms with Gasteiger partial charge in [0.1, 0.15) is 0 Å². The quantitative estimate of drug-likeness (QED) is 0.731. The number of carboxylic acid groups (broad SMARTS) is 1. The van der Waals surface area contributed by atoms with Crippen LogP contribution in [-0.2, 0) is 19.6 Å². The second kappa shape index (κ2) is 7.15. The molecule has 7 nitrogen and oxygen atoms in total. The number of sulfonamides is 1. The molecule has 148 valence electrons. The molecule has 1 heterocycles. The first kappa shape index (κ1) is 19.7. The number of carbonyl (C=O) groups excluding carboxylic acids is 1. The zero-order valence-corrected chi connectivity index (χ0v) is 14.8. The van der Waals surface area contributed by atoms with Crippen molar-refractivity contribution in [3.8, 4) is 0 Å². The third-order valence-electron chi connectivity index (χ3n) is 4.21. The first-order valence-corrected chi connectivity index (χ1v) is 9.38. The summed E-state index contributed by atoms with van der Waals surface area (Å²) in [6.07, 6.45) is -0.160. The van der Waals surface area contributed by atoms with Crippen LogP contribution < -0.4 is 9.62 Å². The summed E-state index contributed by atoms with van der Waals surface area (Å²) >= 11 is 0. The lowest BCUT2D eigenvalue weighted by Gasteiger charge is -2.17. The van der Waals surface area contributed by atoms with Crippen LogP contribution in [-0.4, -0.2) is 31.9 Å². The number of halogens is 3. The van der Waals surface area contributed by atoms with E-state index in [0.29, 0.717) is 11.8 Å². The van der Waals surface area contributed by atoms with E-state index in [4.69, 9.17) is 5.11 Å². The molecule has 0 saturated carbocycles. The molecule has 1 aliphatic heterocycles. The second-order valence-corrected chi connectivity index (χ2v) is 7.75. The molecule has 11 heteroatoms. The highest BCUT2D eigenvalue weighted by molar-refractivity contribution is 7.92. The molecule has 1 aliphatic rings. The summed E-state index contributed by atoms with van der Waals surface area (Å²) in [7, 11) is -4.32. The highest BCUT2D eigenvalue weighted by atomic mass is 32.2. The zero-order chi connectivity index (χ0) is 20.6. The third kappa shape index (κ3) is 3.65. The van der Waals surface area contributed by atoms with Gasteiger partial charge in [0, 0.05) is 18.7 Å². The Kier molecular flexibility index (Phi) is 5.02. The molecule has 0 radical (unpaired) electrons. The van der Waals surface area contributed by atoms with Crippen LogP contribution in [0.3, 0.4) is 0 Å². The molecule has 0 aliphatic carbocycles. The molecule has 2 N–H and O–H groups in total. The van der Waals surface area contributed by atoms with Crippen LogP contribution in [0.4, 0.5) is 24.5 Å². The number of nitrogens with zero attached hydrogens (tertiary/aromatic N) is 1. The largest absolute Gasteiger partial charge is 0.481 e. The molecule has 0 aromatic heterocycles. The van der Waals surface area contributed by atoms with E-state index in [1.165, 1.54) is 17.0 Å². The maximum absolute atomic E-state index is 13.7. The van der Waals surface area contributed by atoms with Gasteiger partial charge < -0.3 is 10.0 Å². The molecule has 3 rings (SSSR count). The number of anilines is 2. The Balaban J connectivity index is 1.82. The van der Waals surface area contributed by atoms with Gasteiger partial charge in [-0.3, -0.25) is 14.3 Å². The molecule has 2 aromatic rings. The molecular formula is C17H13F3N2O5S. The van der Waals surface area contributed by atoms with E-state index in [0.717, 1.165) is 18.2 Å². The van der Waals surface area contributed by atoms with E-state index in [-0.39, 0.29) is 17.9 Å². The molecule has 1 atom stereocenters. The first-order chi connectivity index (χ1) is 13.1. The molecule has 1 amide bonds. The summed E-state index contributed by atoms with van der Waals surface area (Å²) in [6.45, 7) is -0.0431.